The van der Waals surface area contributed by atoms with E-state index in [1.165, 1.54) is 0 Å². The van der Waals surface area contributed by atoms with Crippen LogP contribution in [-0.2, 0) is 0 Å². The average Bonchev–Trinajstić information content (AvgIpc) is 2.71. The van der Waals surface area contributed by atoms with Crippen molar-refractivity contribution in [3.8, 4) is 17.2 Å². The Labute approximate surface area is 158 Å². The molecule has 0 saturated heterocycles. The summed E-state index contributed by atoms with van der Waals surface area (Å²) in [7, 11) is 0. The molecule has 138 valence electrons. The van der Waals surface area contributed by atoms with Crippen LogP contribution in [-0.4, -0.2) is 19.2 Å². The van der Waals surface area contributed by atoms with Gasteiger partial charge in [0.25, 0.3) is 0 Å². The maximum absolute atomic E-state index is 11.9. The van der Waals surface area contributed by atoms with Crippen LogP contribution in [0.3, 0.4) is 0 Å². The molecule has 5 heteroatoms. The van der Waals surface area contributed by atoms with Gasteiger partial charge in [0.05, 0.1) is 6.61 Å². The van der Waals surface area contributed by atoms with Gasteiger partial charge in [-0.25, -0.2) is 4.79 Å². The molecular weight excluding hydrogens is 340 g/mol. The molecule has 3 aromatic rings. The number of anilines is 1. The van der Waals surface area contributed by atoms with Crippen LogP contribution in [0.5, 0.6) is 17.2 Å². The van der Waals surface area contributed by atoms with Gasteiger partial charge in [0.1, 0.15) is 17.2 Å². The first-order chi connectivity index (χ1) is 13.3. The smallest absolute Gasteiger partial charge is 0.319 e. The van der Waals surface area contributed by atoms with E-state index in [-0.39, 0.29) is 6.03 Å². The predicted molar refractivity (Wildman–Crippen MR) is 107 cm³/mol. The van der Waals surface area contributed by atoms with Crippen LogP contribution in [0.15, 0.2) is 84.9 Å². The van der Waals surface area contributed by atoms with Crippen molar-refractivity contribution in [1.29, 1.82) is 0 Å². The highest BCUT2D eigenvalue weighted by atomic mass is 16.5. The maximum Gasteiger partial charge on any atom is 0.319 e. The van der Waals surface area contributed by atoms with E-state index in [0.717, 1.165) is 17.9 Å². The summed E-state index contributed by atoms with van der Waals surface area (Å²) >= 11 is 0. The summed E-state index contributed by atoms with van der Waals surface area (Å²) in [5, 5.41) is 5.61. The molecule has 0 atom stereocenters. The summed E-state index contributed by atoms with van der Waals surface area (Å²) in [5.74, 6) is 2.32. The molecule has 3 rings (SSSR count). The van der Waals surface area contributed by atoms with Crippen LogP contribution < -0.4 is 20.1 Å². The minimum absolute atomic E-state index is 0.244. The number of benzene rings is 3. The molecule has 0 aromatic heterocycles. The molecule has 2 amide bonds. The van der Waals surface area contributed by atoms with E-state index in [1.54, 1.807) is 12.1 Å². The van der Waals surface area contributed by atoms with Crippen molar-refractivity contribution in [3.63, 3.8) is 0 Å². The standard InChI is InChI=1S/C22H22N2O3/c25-22(23-16-7-17-26-19-8-3-1-4-9-19)24-18-12-14-21(15-13-18)27-20-10-5-2-6-11-20/h1-6,8-15H,7,16-17H2,(H2,23,24,25). The molecule has 0 unspecified atom stereocenters. The van der Waals surface area contributed by atoms with Gasteiger partial charge < -0.3 is 20.1 Å². The molecule has 0 bridgehead atoms. The second-order valence-corrected chi connectivity index (χ2v) is 5.84. The van der Waals surface area contributed by atoms with Crippen LogP contribution in [0.1, 0.15) is 6.42 Å². The number of carbonyl (C=O) groups is 1. The van der Waals surface area contributed by atoms with Crippen LogP contribution in [0, 0.1) is 0 Å². The largest absolute Gasteiger partial charge is 0.494 e. The van der Waals surface area contributed by atoms with Gasteiger partial charge in [0, 0.05) is 12.2 Å². The Morgan fingerprint density at radius 3 is 2.00 bits per heavy atom. The number of ether oxygens (including phenoxy) is 2. The average molecular weight is 362 g/mol. The van der Waals surface area contributed by atoms with Crippen molar-refractivity contribution < 1.29 is 14.3 Å². The molecule has 2 N–H and O–H groups in total. The first-order valence-electron chi connectivity index (χ1n) is 8.85. The fourth-order valence-corrected chi connectivity index (χ4v) is 2.39. The normalized spacial score (nSPS) is 10.1. The lowest BCUT2D eigenvalue weighted by atomic mass is 10.3. The third-order valence-corrected chi connectivity index (χ3v) is 3.71. The summed E-state index contributed by atoms with van der Waals surface area (Å²) in [5.41, 5.74) is 0.702. The van der Waals surface area contributed by atoms with E-state index in [9.17, 15) is 4.79 Å². The Hall–Kier alpha value is -3.47. The number of para-hydroxylation sites is 2. The Morgan fingerprint density at radius 2 is 1.33 bits per heavy atom. The Bertz CT molecular complexity index is 821. The lowest BCUT2D eigenvalue weighted by molar-refractivity contribution is 0.250. The second-order valence-electron chi connectivity index (χ2n) is 5.84. The Kier molecular flexibility index (Phi) is 6.70. The molecule has 0 radical (unpaired) electrons. The van der Waals surface area contributed by atoms with Gasteiger partial charge in [-0.2, -0.15) is 0 Å². The highest BCUT2D eigenvalue weighted by Crippen LogP contribution is 2.22. The molecule has 0 aliphatic rings. The maximum atomic E-state index is 11.9. The van der Waals surface area contributed by atoms with E-state index in [1.807, 2.05) is 72.8 Å². The van der Waals surface area contributed by atoms with Crippen LogP contribution in [0.25, 0.3) is 0 Å². The molecule has 0 aliphatic heterocycles. The Morgan fingerprint density at radius 1 is 0.741 bits per heavy atom. The number of amides is 2. The van der Waals surface area contributed by atoms with Crippen LogP contribution in [0.4, 0.5) is 10.5 Å². The van der Waals surface area contributed by atoms with Crippen molar-refractivity contribution in [2.24, 2.45) is 0 Å². The van der Waals surface area contributed by atoms with E-state index >= 15 is 0 Å². The quantitative estimate of drug-likeness (QED) is 0.550. The zero-order chi connectivity index (χ0) is 18.7. The van der Waals surface area contributed by atoms with Crippen molar-refractivity contribution >= 4 is 11.7 Å². The topological polar surface area (TPSA) is 59.6 Å². The highest BCUT2D eigenvalue weighted by Gasteiger charge is 2.02. The van der Waals surface area contributed by atoms with Gasteiger partial charge in [-0.15, -0.1) is 0 Å². The van der Waals surface area contributed by atoms with Gasteiger partial charge in [-0.05, 0) is 55.0 Å². The third kappa shape index (κ3) is 6.40. The molecule has 27 heavy (non-hydrogen) atoms. The van der Waals surface area contributed by atoms with E-state index in [2.05, 4.69) is 10.6 Å². The fraction of sp³-hybridized carbons (Fsp3) is 0.136. The summed E-state index contributed by atoms with van der Waals surface area (Å²) in [6.07, 6.45) is 0.728. The molecule has 5 nitrogen and oxygen atoms in total. The monoisotopic (exact) mass is 362 g/mol. The zero-order valence-electron chi connectivity index (χ0n) is 14.9. The SMILES string of the molecule is O=C(NCCCOc1ccccc1)Nc1ccc(Oc2ccccc2)cc1. The molecule has 0 saturated carbocycles. The summed E-state index contributed by atoms with van der Waals surface area (Å²) in [6, 6.07) is 26.2. The van der Waals surface area contributed by atoms with Gasteiger partial charge in [0.2, 0.25) is 0 Å². The van der Waals surface area contributed by atoms with Crippen LogP contribution >= 0.6 is 0 Å². The van der Waals surface area contributed by atoms with E-state index < -0.39 is 0 Å². The number of urea groups is 1. The summed E-state index contributed by atoms with van der Waals surface area (Å²) in [6.45, 7) is 1.09. The minimum Gasteiger partial charge on any atom is -0.494 e. The lowest BCUT2D eigenvalue weighted by Crippen LogP contribution is -2.30. The molecular formula is C22H22N2O3. The molecule has 0 heterocycles. The van der Waals surface area contributed by atoms with Crippen LogP contribution in [0.2, 0.25) is 0 Å². The zero-order valence-corrected chi connectivity index (χ0v) is 14.9. The summed E-state index contributed by atoms with van der Waals surface area (Å²) < 4.78 is 11.3. The minimum atomic E-state index is -0.244. The number of nitrogens with one attached hydrogen (secondary N) is 2. The number of hydrogen-bond donors (Lipinski definition) is 2. The second kappa shape index (κ2) is 9.87. The van der Waals surface area contributed by atoms with E-state index in [4.69, 9.17) is 9.47 Å². The number of hydrogen-bond acceptors (Lipinski definition) is 3. The molecule has 0 spiro atoms. The van der Waals surface area contributed by atoms with Crippen molar-refractivity contribution in [3.05, 3.63) is 84.9 Å². The molecule has 3 aromatic carbocycles. The first kappa shape index (κ1) is 18.3. The van der Waals surface area contributed by atoms with Crippen molar-refractivity contribution in [2.45, 2.75) is 6.42 Å². The van der Waals surface area contributed by atoms with Crippen molar-refractivity contribution in [2.75, 3.05) is 18.5 Å². The predicted octanol–water partition coefficient (Wildman–Crippen LogP) is 5.07. The lowest BCUT2D eigenvalue weighted by Gasteiger charge is -2.10. The number of rotatable bonds is 8. The van der Waals surface area contributed by atoms with Gasteiger partial charge in [-0.3, -0.25) is 0 Å². The van der Waals surface area contributed by atoms with E-state index in [0.29, 0.717) is 24.6 Å². The first-order valence-corrected chi connectivity index (χ1v) is 8.85. The Balaban J connectivity index is 1.35. The third-order valence-electron chi connectivity index (χ3n) is 3.71. The highest BCUT2D eigenvalue weighted by molar-refractivity contribution is 5.89. The van der Waals surface area contributed by atoms with Crippen molar-refractivity contribution in [1.82, 2.24) is 5.32 Å². The van der Waals surface area contributed by atoms with Gasteiger partial charge in [0.15, 0.2) is 0 Å². The van der Waals surface area contributed by atoms with Gasteiger partial charge in [-0.1, -0.05) is 36.4 Å². The molecule has 0 aliphatic carbocycles. The van der Waals surface area contributed by atoms with Gasteiger partial charge >= 0.3 is 6.03 Å². The molecule has 0 fully saturated rings. The summed E-state index contributed by atoms with van der Waals surface area (Å²) in [4.78, 5) is 11.9. The fourth-order valence-electron chi connectivity index (χ4n) is 2.39. The number of carbonyl (C=O) groups excluding carboxylic acids is 1.